The smallest absolute Gasteiger partial charge is 0.318 e. The lowest BCUT2D eigenvalue weighted by molar-refractivity contribution is -0.159. The molecule has 1 saturated carbocycles. The summed E-state index contributed by atoms with van der Waals surface area (Å²) in [6.45, 7) is -0.259. The zero-order chi connectivity index (χ0) is 18.1. The number of hydrogen-bond donors (Lipinski definition) is 0. The topological polar surface area (TPSA) is 74.1 Å². The Morgan fingerprint density at radius 3 is 2.58 bits per heavy atom. The molecule has 0 bridgehead atoms. The molecule has 1 heterocycles. The van der Waals surface area contributed by atoms with Gasteiger partial charge in [-0.05, 0) is 42.7 Å². The van der Waals surface area contributed by atoms with Crippen molar-refractivity contribution < 1.29 is 9.53 Å². The lowest BCUT2D eigenvalue weighted by Gasteiger charge is -2.39. The number of halogens is 1. The largest absolute Gasteiger partial charge is 0.441 e. The molecule has 1 aliphatic carbocycles. The highest BCUT2D eigenvalue weighted by Gasteiger charge is 2.47. The van der Waals surface area contributed by atoms with Gasteiger partial charge in [-0.3, -0.25) is 9.59 Å². The molecule has 132 valence electrons. The molecular weight excluding hydrogens is 354 g/mol. The molecule has 0 amide bonds. The van der Waals surface area contributed by atoms with Crippen LogP contribution in [-0.4, -0.2) is 21.0 Å². The quantitative estimate of drug-likeness (QED) is 0.661. The molecule has 4 rings (SSSR count). The molecule has 3 aromatic rings. The molecule has 26 heavy (non-hydrogen) atoms. The van der Waals surface area contributed by atoms with Crippen LogP contribution in [0.1, 0.15) is 24.8 Å². The van der Waals surface area contributed by atoms with Crippen molar-refractivity contribution in [2.45, 2.75) is 31.4 Å². The number of rotatable bonds is 4. The van der Waals surface area contributed by atoms with Gasteiger partial charge in [-0.2, -0.15) is 4.68 Å². The number of aromatic nitrogens is 3. The summed E-state index contributed by atoms with van der Waals surface area (Å²) in [5, 5.41) is 8.90. The second kappa shape index (κ2) is 6.53. The molecule has 6 nitrogen and oxygen atoms in total. The van der Waals surface area contributed by atoms with E-state index in [1.54, 1.807) is 36.4 Å². The van der Waals surface area contributed by atoms with Gasteiger partial charge in [-0.25, -0.2) is 0 Å². The summed E-state index contributed by atoms with van der Waals surface area (Å²) in [5.41, 5.74) is 0.391. The molecule has 0 unspecified atom stereocenters. The van der Waals surface area contributed by atoms with Gasteiger partial charge in [0.25, 0.3) is 5.56 Å². The third-order valence-corrected chi connectivity index (χ3v) is 5.19. The van der Waals surface area contributed by atoms with E-state index in [0.717, 1.165) is 16.7 Å². The Bertz CT molecular complexity index is 1030. The van der Waals surface area contributed by atoms with Crippen molar-refractivity contribution in [2.24, 2.45) is 0 Å². The maximum Gasteiger partial charge on any atom is 0.318 e. The molecule has 0 aliphatic heterocycles. The highest BCUT2D eigenvalue weighted by atomic mass is 35.5. The van der Waals surface area contributed by atoms with Gasteiger partial charge >= 0.3 is 5.97 Å². The fourth-order valence-corrected chi connectivity index (χ4v) is 3.40. The predicted molar refractivity (Wildman–Crippen MR) is 96.9 cm³/mol. The summed E-state index contributed by atoms with van der Waals surface area (Å²) in [5.74, 6) is -0.354. The minimum Gasteiger partial charge on any atom is -0.441 e. The molecular formula is C19H16ClN3O3. The number of esters is 1. The van der Waals surface area contributed by atoms with Gasteiger partial charge < -0.3 is 4.74 Å². The average molecular weight is 370 g/mol. The number of nitrogens with zero attached hydrogens (tertiary/aromatic N) is 3. The van der Waals surface area contributed by atoms with Gasteiger partial charge in [0.05, 0.1) is 10.8 Å². The molecule has 0 spiro atoms. The fraction of sp³-hybridized carbons (Fsp3) is 0.263. The Kier molecular flexibility index (Phi) is 4.20. The van der Waals surface area contributed by atoms with Crippen molar-refractivity contribution in [1.82, 2.24) is 15.0 Å². The normalized spacial score (nSPS) is 15.4. The van der Waals surface area contributed by atoms with Crippen LogP contribution in [0.4, 0.5) is 0 Å². The first-order valence-corrected chi connectivity index (χ1v) is 8.74. The molecule has 0 radical (unpaired) electrons. The SMILES string of the molecule is O=C(OCn1nnc2ccccc2c1=O)C1(c2ccc(Cl)cc2)CCC1. The van der Waals surface area contributed by atoms with E-state index in [1.807, 2.05) is 12.1 Å². The Labute approximate surface area is 154 Å². The molecule has 7 heteroatoms. The number of fused-ring (bicyclic) bond motifs is 1. The summed E-state index contributed by atoms with van der Waals surface area (Å²) < 4.78 is 6.50. The van der Waals surface area contributed by atoms with Crippen molar-refractivity contribution >= 4 is 28.5 Å². The first-order chi connectivity index (χ1) is 12.6. The maximum atomic E-state index is 12.8. The van der Waals surface area contributed by atoms with Crippen LogP contribution in [0.3, 0.4) is 0 Å². The molecule has 0 N–H and O–H groups in total. The van der Waals surface area contributed by atoms with Crippen LogP contribution in [0.2, 0.25) is 5.02 Å². The van der Waals surface area contributed by atoms with E-state index >= 15 is 0 Å². The monoisotopic (exact) mass is 369 g/mol. The van der Waals surface area contributed by atoms with Crippen LogP contribution in [-0.2, 0) is 21.7 Å². The van der Waals surface area contributed by atoms with Gasteiger partial charge in [-0.15, -0.1) is 5.10 Å². The average Bonchev–Trinajstić information content (AvgIpc) is 2.62. The van der Waals surface area contributed by atoms with Gasteiger partial charge in [0.2, 0.25) is 0 Å². The van der Waals surface area contributed by atoms with Gasteiger partial charge in [0.15, 0.2) is 6.73 Å². The highest BCUT2D eigenvalue weighted by molar-refractivity contribution is 6.30. The van der Waals surface area contributed by atoms with Crippen molar-refractivity contribution in [2.75, 3.05) is 0 Å². The Morgan fingerprint density at radius 2 is 1.88 bits per heavy atom. The minimum atomic E-state index is -0.668. The predicted octanol–water partition coefficient (Wildman–Crippen LogP) is 3.07. The van der Waals surface area contributed by atoms with Crippen LogP contribution in [0.25, 0.3) is 10.9 Å². The first-order valence-electron chi connectivity index (χ1n) is 8.36. The minimum absolute atomic E-state index is 0.259. The second-order valence-corrected chi connectivity index (χ2v) is 6.85. The zero-order valence-electron chi connectivity index (χ0n) is 13.9. The van der Waals surface area contributed by atoms with Crippen LogP contribution in [0, 0.1) is 0 Å². The van der Waals surface area contributed by atoms with Crippen molar-refractivity contribution in [1.29, 1.82) is 0 Å². The summed E-state index contributed by atoms with van der Waals surface area (Å²) >= 11 is 5.94. The van der Waals surface area contributed by atoms with Crippen molar-refractivity contribution in [3.8, 4) is 0 Å². The Morgan fingerprint density at radius 1 is 1.15 bits per heavy atom. The van der Waals surface area contributed by atoms with E-state index in [1.165, 1.54) is 0 Å². The third-order valence-electron chi connectivity index (χ3n) is 4.94. The van der Waals surface area contributed by atoms with E-state index in [9.17, 15) is 9.59 Å². The van der Waals surface area contributed by atoms with E-state index < -0.39 is 5.41 Å². The van der Waals surface area contributed by atoms with Crippen molar-refractivity contribution in [3.63, 3.8) is 0 Å². The molecule has 2 aromatic carbocycles. The van der Waals surface area contributed by atoms with E-state index in [4.69, 9.17) is 16.3 Å². The number of carbonyl (C=O) groups is 1. The standard InChI is InChI=1S/C19H16ClN3O3/c20-14-8-6-13(7-9-14)19(10-3-11-19)18(25)26-12-23-17(24)15-4-1-2-5-16(15)21-22-23/h1-2,4-9H,3,10-12H2. The van der Waals surface area contributed by atoms with Crippen LogP contribution in [0.15, 0.2) is 53.3 Å². The lowest BCUT2D eigenvalue weighted by atomic mass is 9.64. The number of hydrogen-bond acceptors (Lipinski definition) is 5. The number of ether oxygens (including phenoxy) is 1. The lowest BCUT2D eigenvalue weighted by Crippen LogP contribution is -2.44. The van der Waals surface area contributed by atoms with Crippen LogP contribution in [0.5, 0.6) is 0 Å². The van der Waals surface area contributed by atoms with E-state index in [0.29, 0.717) is 28.8 Å². The zero-order valence-corrected chi connectivity index (χ0v) is 14.6. The fourth-order valence-electron chi connectivity index (χ4n) is 3.28. The van der Waals surface area contributed by atoms with E-state index in [-0.39, 0.29) is 18.3 Å². The van der Waals surface area contributed by atoms with Crippen LogP contribution >= 0.6 is 11.6 Å². The van der Waals surface area contributed by atoms with Gasteiger partial charge in [-0.1, -0.05) is 47.5 Å². The highest BCUT2D eigenvalue weighted by Crippen LogP contribution is 2.45. The van der Waals surface area contributed by atoms with Crippen molar-refractivity contribution in [3.05, 3.63) is 69.5 Å². The maximum absolute atomic E-state index is 12.8. The number of carbonyl (C=O) groups excluding carboxylic acids is 1. The Balaban J connectivity index is 1.56. The molecule has 1 aromatic heterocycles. The number of benzene rings is 2. The molecule has 0 saturated heterocycles. The third kappa shape index (κ3) is 2.76. The van der Waals surface area contributed by atoms with E-state index in [2.05, 4.69) is 10.3 Å². The summed E-state index contributed by atoms with van der Waals surface area (Å²) in [7, 11) is 0. The van der Waals surface area contributed by atoms with Gasteiger partial charge in [0.1, 0.15) is 5.52 Å². The summed E-state index contributed by atoms with van der Waals surface area (Å²) in [6.07, 6.45) is 2.38. The Hall–Kier alpha value is -2.73. The molecule has 0 atom stereocenters. The summed E-state index contributed by atoms with van der Waals surface area (Å²) in [4.78, 5) is 25.2. The van der Waals surface area contributed by atoms with Crippen LogP contribution < -0.4 is 5.56 Å². The molecule has 1 aliphatic rings. The summed E-state index contributed by atoms with van der Waals surface area (Å²) in [6, 6.07) is 14.2. The van der Waals surface area contributed by atoms with Gasteiger partial charge in [0, 0.05) is 5.02 Å². The molecule has 1 fully saturated rings. The second-order valence-electron chi connectivity index (χ2n) is 6.41. The first kappa shape index (κ1) is 16.7.